The van der Waals surface area contributed by atoms with Gasteiger partial charge in [-0.1, -0.05) is 55.7 Å². The number of allylic oxidation sites excluding steroid dienone is 1. The Balaban J connectivity index is 2.89. The predicted octanol–water partition coefficient (Wildman–Crippen LogP) is 3.65. The topological polar surface area (TPSA) is 37.3 Å². The van der Waals surface area contributed by atoms with Gasteiger partial charge in [0.15, 0.2) is 0 Å². The summed E-state index contributed by atoms with van der Waals surface area (Å²) in [5.74, 6) is -0.847. The highest BCUT2D eigenvalue weighted by molar-refractivity contribution is 6.15. The second kappa shape index (κ2) is 6.11. The van der Waals surface area contributed by atoms with E-state index >= 15 is 0 Å². The first-order chi connectivity index (χ1) is 7.65. The van der Waals surface area contributed by atoms with E-state index in [9.17, 15) is 4.79 Å². The molecule has 16 heavy (non-hydrogen) atoms. The number of carbonyl (C=O) groups is 1. The van der Waals surface area contributed by atoms with E-state index in [2.05, 4.69) is 6.92 Å². The number of benzene rings is 1. The maximum Gasteiger partial charge on any atom is 0.335 e. The Morgan fingerprint density at radius 2 is 1.94 bits per heavy atom. The van der Waals surface area contributed by atoms with Crippen molar-refractivity contribution in [2.75, 3.05) is 0 Å². The molecule has 1 aromatic carbocycles. The van der Waals surface area contributed by atoms with Crippen molar-refractivity contribution in [2.24, 2.45) is 0 Å². The number of hydrogen-bond acceptors (Lipinski definition) is 1. The summed E-state index contributed by atoms with van der Waals surface area (Å²) in [5, 5.41) is 9.13. The molecule has 0 saturated carbocycles. The standard InChI is InChI=1S/C14H18O2/c1-3-4-5-6-13(14(15)16)12-9-7-11(2)8-10-12/h6-10H,3-5H2,1-2H3,(H,15,16). The molecule has 0 aliphatic carbocycles. The normalized spacial score (nSPS) is 11.5. The lowest BCUT2D eigenvalue weighted by atomic mass is 10.0. The molecule has 0 unspecified atom stereocenters. The van der Waals surface area contributed by atoms with Crippen molar-refractivity contribution in [1.82, 2.24) is 0 Å². The van der Waals surface area contributed by atoms with E-state index in [4.69, 9.17) is 5.11 Å². The van der Waals surface area contributed by atoms with Crippen LogP contribution in [0.1, 0.15) is 37.3 Å². The highest BCUT2D eigenvalue weighted by Gasteiger charge is 2.08. The molecule has 0 atom stereocenters. The summed E-state index contributed by atoms with van der Waals surface area (Å²) in [7, 11) is 0. The summed E-state index contributed by atoms with van der Waals surface area (Å²) in [6, 6.07) is 7.60. The Hall–Kier alpha value is -1.57. The molecule has 1 aromatic rings. The van der Waals surface area contributed by atoms with Crippen molar-refractivity contribution in [1.29, 1.82) is 0 Å². The first-order valence-electron chi connectivity index (χ1n) is 5.65. The second-order valence-corrected chi connectivity index (χ2v) is 3.93. The fraction of sp³-hybridized carbons (Fsp3) is 0.357. The fourth-order valence-corrected chi connectivity index (χ4v) is 1.51. The zero-order valence-electron chi connectivity index (χ0n) is 9.86. The molecule has 0 spiro atoms. The molecule has 0 radical (unpaired) electrons. The minimum absolute atomic E-state index is 0.411. The fourth-order valence-electron chi connectivity index (χ4n) is 1.51. The first kappa shape index (κ1) is 12.5. The number of unbranched alkanes of at least 4 members (excludes halogenated alkanes) is 2. The van der Waals surface area contributed by atoms with E-state index in [1.165, 1.54) is 0 Å². The van der Waals surface area contributed by atoms with Crippen LogP contribution >= 0.6 is 0 Å². The van der Waals surface area contributed by atoms with E-state index in [1.54, 1.807) is 0 Å². The van der Waals surface area contributed by atoms with Crippen molar-refractivity contribution in [3.63, 3.8) is 0 Å². The van der Waals surface area contributed by atoms with Gasteiger partial charge in [-0.2, -0.15) is 0 Å². The zero-order chi connectivity index (χ0) is 12.0. The van der Waals surface area contributed by atoms with Gasteiger partial charge in [-0.05, 0) is 18.9 Å². The van der Waals surface area contributed by atoms with Crippen molar-refractivity contribution >= 4 is 11.5 Å². The minimum Gasteiger partial charge on any atom is -0.478 e. The molecule has 0 fully saturated rings. The van der Waals surface area contributed by atoms with Gasteiger partial charge in [-0.3, -0.25) is 0 Å². The van der Waals surface area contributed by atoms with Crippen molar-refractivity contribution < 1.29 is 9.90 Å². The van der Waals surface area contributed by atoms with Gasteiger partial charge in [0.05, 0.1) is 5.57 Å². The third kappa shape index (κ3) is 3.54. The summed E-state index contributed by atoms with van der Waals surface area (Å²) in [6.45, 7) is 4.09. The number of aliphatic carboxylic acids is 1. The highest BCUT2D eigenvalue weighted by atomic mass is 16.4. The number of hydrogen-bond donors (Lipinski definition) is 1. The molecule has 0 bridgehead atoms. The molecule has 2 nitrogen and oxygen atoms in total. The third-order valence-electron chi connectivity index (χ3n) is 2.50. The van der Waals surface area contributed by atoms with Crippen LogP contribution in [-0.2, 0) is 4.79 Å². The smallest absolute Gasteiger partial charge is 0.335 e. The van der Waals surface area contributed by atoms with Crippen LogP contribution in [0.3, 0.4) is 0 Å². The number of rotatable bonds is 5. The molecule has 0 heterocycles. The van der Waals surface area contributed by atoms with Gasteiger partial charge in [-0.25, -0.2) is 4.79 Å². The van der Waals surface area contributed by atoms with Crippen LogP contribution in [0.25, 0.3) is 5.57 Å². The van der Waals surface area contributed by atoms with Crippen LogP contribution in [0.2, 0.25) is 0 Å². The molecular weight excluding hydrogens is 200 g/mol. The minimum atomic E-state index is -0.847. The second-order valence-electron chi connectivity index (χ2n) is 3.93. The van der Waals surface area contributed by atoms with Crippen LogP contribution in [-0.4, -0.2) is 11.1 Å². The molecule has 86 valence electrons. The van der Waals surface area contributed by atoms with Gasteiger partial charge in [0.1, 0.15) is 0 Å². The maximum absolute atomic E-state index is 11.1. The van der Waals surface area contributed by atoms with Crippen molar-refractivity contribution in [2.45, 2.75) is 33.1 Å². The molecule has 2 heteroatoms. The molecule has 0 aliphatic heterocycles. The summed E-state index contributed by atoms with van der Waals surface area (Å²) < 4.78 is 0. The van der Waals surface area contributed by atoms with Gasteiger partial charge >= 0.3 is 5.97 Å². The maximum atomic E-state index is 11.1. The zero-order valence-corrected chi connectivity index (χ0v) is 9.86. The Kier molecular flexibility index (Phi) is 4.77. The Morgan fingerprint density at radius 1 is 1.31 bits per heavy atom. The lowest BCUT2D eigenvalue weighted by Gasteiger charge is -2.03. The average molecular weight is 218 g/mol. The number of carboxylic acids is 1. The number of carboxylic acid groups (broad SMARTS) is 1. The molecule has 0 aromatic heterocycles. The Bertz CT molecular complexity index is 374. The highest BCUT2D eigenvalue weighted by Crippen LogP contribution is 2.17. The van der Waals surface area contributed by atoms with Crippen molar-refractivity contribution in [3.8, 4) is 0 Å². The predicted molar refractivity (Wildman–Crippen MR) is 66.3 cm³/mol. The van der Waals surface area contributed by atoms with E-state index in [-0.39, 0.29) is 0 Å². The van der Waals surface area contributed by atoms with Gasteiger partial charge in [0.25, 0.3) is 0 Å². The summed E-state index contributed by atoms with van der Waals surface area (Å²) >= 11 is 0. The van der Waals surface area contributed by atoms with Crippen LogP contribution in [0.4, 0.5) is 0 Å². The summed E-state index contributed by atoms with van der Waals surface area (Å²) in [5.41, 5.74) is 2.34. The van der Waals surface area contributed by atoms with Gasteiger partial charge in [0, 0.05) is 0 Å². The van der Waals surface area contributed by atoms with E-state index < -0.39 is 5.97 Å². The lowest BCUT2D eigenvalue weighted by molar-refractivity contribution is -0.130. The summed E-state index contributed by atoms with van der Waals surface area (Å²) in [4.78, 5) is 11.1. The Morgan fingerprint density at radius 3 is 2.44 bits per heavy atom. The Labute approximate surface area is 96.6 Å². The molecule has 0 amide bonds. The van der Waals surface area contributed by atoms with E-state index in [0.717, 1.165) is 30.4 Å². The SMILES string of the molecule is CCCCC=C(C(=O)O)c1ccc(C)cc1. The van der Waals surface area contributed by atoms with Crippen molar-refractivity contribution in [3.05, 3.63) is 41.5 Å². The molecule has 1 rings (SSSR count). The molecule has 1 N–H and O–H groups in total. The van der Waals surface area contributed by atoms with Gasteiger partial charge in [-0.15, -0.1) is 0 Å². The lowest BCUT2D eigenvalue weighted by Crippen LogP contribution is -1.99. The van der Waals surface area contributed by atoms with Crippen LogP contribution in [0, 0.1) is 6.92 Å². The third-order valence-corrected chi connectivity index (χ3v) is 2.50. The van der Waals surface area contributed by atoms with Gasteiger partial charge < -0.3 is 5.11 Å². The van der Waals surface area contributed by atoms with E-state index in [1.807, 2.05) is 37.3 Å². The van der Waals surface area contributed by atoms with Crippen LogP contribution < -0.4 is 0 Å². The van der Waals surface area contributed by atoms with E-state index in [0.29, 0.717) is 5.57 Å². The largest absolute Gasteiger partial charge is 0.478 e. The quantitative estimate of drug-likeness (QED) is 0.605. The average Bonchev–Trinajstić information content (AvgIpc) is 2.26. The first-order valence-corrected chi connectivity index (χ1v) is 5.65. The van der Waals surface area contributed by atoms with Crippen LogP contribution in [0.15, 0.2) is 30.3 Å². The molecule has 0 saturated heterocycles. The van der Waals surface area contributed by atoms with Crippen LogP contribution in [0.5, 0.6) is 0 Å². The molecular formula is C14H18O2. The van der Waals surface area contributed by atoms with Gasteiger partial charge in [0.2, 0.25) is 0 Å². The molecule has 0 aliphatic rings. The number of aryl methyl sites for hydroxylation is 1. The monoisotopic (exact) mass is 218 g/mol. The summed E-state index contributed by atoms with van der Waals surface area (Å²) in [6.07, 6.45) is 4.75.